The van der Waals surface area contributed by atoms with Crippen LogP contribution in [0.3, 0.4) is 0 Å². The number of piperidine rings is 1. The molecule has 1 saturated carbocycles. The SMILES string of the molecule is O=C(NC1CCN(c2ncncc2F)CC1)C1CCC1. The largest absolute Gasteiger partial charge is 0.354 e. The molecule has 6 heteroatoms. The van der Waals surface area contributed by atoms with Crippen molar-refractivity contribution in [2.24, 2.45) is 5.92 Å². The highest BCUT2D eigenvalue weighted by Gasteiger charge is 2.29. The molecule has 2 heterocycles. The molecule has 0 spiro atoms. The molecule has 1 saturated heterocycles. The lowest BCUT2D eigenvalue weighted by Gasteiger charge is -2.34. The fourth-order valence-corrected chi connectivity index (χ4v) is 2.76. The van der Waals surface area contributed by atoms with Gasteiger partial charge in [0, 0.05) is 25.0 Å². The Hall–Kier alpha value is -1.72. The number of amides is 1. The number of aromatic nitrogens is 2. The van der Waals surface area contributed by atoms with Crippen LogP contribution in [0.2, 0.25) is 0 Å². The highest BCUT2D eigenvalue weighted by atomic mass is 19.1. The van der Waals surface area contributed by atoms with Crippen LogP contribution in [0.25, 0.3) is 0 Å². The van der Waals surface area contributed by atoms with E-state index in [0.29, 0.717) is 18.9 Å². The second-order valence-corrected chi connectivity index (χ2v) is 5.59. The summed E-state index contributed by atoms with van der Waals surface area (Å²) in [4.78, 5) is 21.5. The van der Waals surface area contributed by atoms with Crippen molar-refractivity contribution in [1.29, 1.82) is 0 Å². The number of hydrogen-bond donors (Lipinski definition) is 1. The molecule has 5 nitrogen and oxygen atoms in total. The molecule has 3 rings (SSSR count). The van der Waals surface area contributed by atoms with Crippen LogP contribution in [0.4, 0.5) is 10.2 Å². The summed E-state index contributed by atoms with van der Waals surface area (Å²) < 4.78 is 13.6. The number of anilines is 1. The Morgan fingerprint density at radius 2 is 2.05 bits per heavy atom. The van der Waals surface area contributed by atoms with Crippen molar-refractivity contribution >= 4 is 11.7 Å². The summed E-state index contributed by atoms with van der Waals surface area (Å²) in [6, 6.07) is 0.212. The fraction of sp³-hybridized carbons (Fsp3) is 0.643. The minimum atomic E-state index is -0.385. The van der Waals surface area contributed by atoms with Gasteiger partial charge in [-0.1, -0.05) is 6.42 Å². The summed E-state index contributed by atoms with van der Waals surface area (Å²) in [6.07, 6.45) is 7.44. The van der Waals surface area contributed by atoms with Gasteiger partial charge >= 0.3 is 0 Å². The molecule has 20 heavy (non-hydrogen) atoms. The molecule has 2 aliphatic rings. The predicted octanol–water partition coefficient (Wildman–Crippen LogP) is 1.50. The lowest BCUT2D eigenvalue weighted by molar-refractivity contribution is -0.128. The van der Waals surface area contributed by atoms with Crippen LogP contribution >= 0.6 is 0 Å². The van der Waals surface area contributed by atoms with Gasteiger partial charge in [0.05, 0.1) is 6.20 Å². The van der Waals surface area contributed by atoms with Gasteiger partial charge in [0.2, 0.25) is 5.91 Å². The number of nitrogens with zero attached hydrogens (tertiary/aromatic N) is 3. The van der Waals surface area contributed by atoms with E-state index in [-0.39, 0.29) is 23.7 Å². The third-order valence-corrected chi connectivity index (χ3v) is 4.27. The minimum Gasteiger partial charge on any atom is -0.354 e. The minimum absolute atomic E-state index is 0.197. The van der Waals surface area contributed by atoms with E-state index in [1.54, 1.807) is 0 Å². The van der Waals surface area contributed by atoms with Gasteiger partial charge in [-0.2, -0.15) is 0 Å². The topological polar surface area (TPSA) is 58.1 Å². The Kier molecular flexibility index (Phi) is 3.80. The van der Waals surface area contributed by atoms with E-state index in [2.05, 4.69) is 15.3 Å². The highest BCUT2D eigenvalue weighted by molar-refractivity contribution is 5.79. The summed E-state index contributed by atoms with van der Waals surface area (Å²) in [5.41, 5.74) is 0. The smallest absolute Gasteiger partial charge is 0.223 e. The Balaban J connectivity index is 1.52. The van der Waals surface area contributed by atoms with Gasteiger partial charge in [-0.25, -0.2) is 14.4 Å². The molecule has 1 N–H and O–H groups in total. The molecular weight excluding hydrogens is 259 g/mol. The van der Waals surface area contributed by atoms with Crippen LogP contribution < -0.4 is 10.2 Å². The molecule has 108 valence electrons. The maximum Gasteiger partial charge on any atom is 0.223 e. The van der Waals surface area contributed by atoms with Gasteiger partial charge in [0.25, 0.3) is 0 Å². The van der Waals surface area contributed by atoms with Gasteiger partial charge in [-0.15, -0.1) is 0 Å². The van der Waals surface area contributed by atoms with Crippen molar-refractivity contribution in [3.8, 4) is 0 Å². The van der Waals surface area contributed by atoms with Crippen molar-refractivity contribution in [1.82, 2.24) is 15.3 Å². The molecule has 0 radical (unpaired) electrons. The van der Waals surface area contributed by atoms with E-state index < -0.39 is 0 Å². The van der Waals surface area contributed by atoms with Crippen molar-refractivity contribution in [3.05, 3.63) is 18.3 Å². The maximum absolute atomic E-state index is 13.6. The van der Waals surface area contributed by atoms with Crippen LogP contribution in [-0.2, 0) is 4.79 Å². The third kappa shape index (κ3) is 2.73. The van der Waals surface area contributed by atoms with Crippen molar-refractivity contribution in [2.45, 2.75) is 38.1 Å². The second-order valence-electron chi connectivity index (χ2n) is 5.59. The Morgan fingerprint density at radius 3 is 2.65 bits per heavy atom. The molecule has 1 aromatic heterocycles. The van der Waals surface area contributed by atoms with Crippen molar-refractivity contribution < 1.29 is 9.18 Å². The van der Waals surface area contributed by atoms with Crippen LogP contribution in [0.1, 0.15) is 32.1 Å². The first kappa shape index (κ1) is 13.3. The average Bonchev–Trinajstić information content (AvgIpc) is 2.38. The quantitative estimate of drug-likeness (QED) is 0.910. The number of rotatable bonds is 3. The molecule has 0 unspecified atom stereocenters. The Morgan fingerprint density at radius 1 is 1.30 bits per heavy atom. The van der Waals surface area contributed by atoms with E-state index in [1.165, 1.54) is 18.9 Å². The number of carbonyl (C=O) groups is 1. The second kappa shape index (κ2) is 5.73. The van der Waals surface area contributed by atoms with Gasteiger partial charge in [0.1, 0.15) is 6.33 Å². The lowest BCUT2D eigenvalue weighted by Crippen LogP contribution is -2.47. The van der Waals surface area contributed by atoms with Crippen LogP contribution in [0.15, 0.2) is 12.5 Å². The van der Waals surface area contributed by atoms with Crippen LogP contribution in [0.5, 0.6) is 0 Å². The maximum atomic E-state index is 13.6. The zero-order valence-corrected chi connectivity index (χ0v) is 11.4. The molecule has 1 aromatic rings. The number of carbonyl (C=O) groups excluding carboxylic acids is 1. The molecule has 1 amide bonds. The van der Waals surface area contributed by atoms with Gasteiger partial charge in [-0.3, -0.25) is 4.79 Å². The van der Waals surface area contributed by atoms with Gasteiger partial charge in [0.15, 0.2) is 11.6 Å². The normalized spacial score (nSPS) is 20.6. The summed E-state index contributed by atoms with van der Waals surface area (Å²) >= 11 is 0. The molecule has 0 atom stereocenters. The summed E-state index contributed by atoms with van der Waals surface area (Å²) in [7, 11) is 0. The van der Waals surface area contributed by atoms with E-state index >= 15 is 0 Å². The van der Waals surface area contributed by atoms with Crippen molar-refractivity contribution in [3.63, 3.8) is 0 Å². The first-order valence-corrected chi connectivity index (χ1v) is 7.25. The fourth-order valence-electron chi connectivity index (χ4n) is 2.76. The lowest BCUT2D eigenvalue weighted by atomic mass is 9.84. The zero-order chi connectivity index (χ0) is 13.9. The summed E-state index contributed by atoms with van der Waals surface area (Å²) in [6.45, 7) is 1.42. The first-order valence-electron chi connectivity index (χ1n) is 7.25. The van der Waals surface area contributed by atoms with Crippen molar-refractivity contribution in [2.75, 3.05) is 18.0 Å². The monoisotopic (exact) mass is 278 g/mol. The molecule has 0 bridgehead atoms. The van der Waals surface area contributed by atoms with E-state index in [0.717, 1.165) is 25.7 Å². The van der Waals surface area contributed by atoms with Crippen LogP contribution in [0, 0.1) is 11.7 Å². The van der Waals surface area contributed by atoms with E-state index in [1.807, 2.05) is 4.90 Å². The third-order valence-electron chi connectivity index (χ3n) is 4.27. The molecular formula is C14H19FN4O. The molecule has 2 fully saturated rings. The highest BCUT2D eigenvalue weighted by Crippen LogP contribution is 2.27. The van der Waals surface area contributed by atoms with Gasteiger partial charge in [-0.05, 0) is 25.7 Å². The average molecular weight is 278 g/mol. The Labute approximate surface area is 117 Å². The molecule has 1 aliphatic carbocycles. The van der Waals surface area contributed by atoms with Gasteiger partial charge < -0.3 is 10.2 Å². The van der Waals surface area contributed by atoms with E-state index in [4.69, 9.17) is 0 Å². The predicted molar refractivity (Wildman–Crippen MR) is 72.7 cm³/mol. The molecule has 1 aliphatic heterocycles. The standard InChI is InChI=1S/C14H19FN4O/c15-12-8-16-9-17-13(12)19-6-4-11(5-7-19)18-14(20)10-2-1-3-10/h8-11H,1-7H2,(H,18,20). The summed E-state index contributed by atoms with van der Waals surface area (Å²) in [5.74, 6) is 0.406. The zero-order valence-electron chi connectivity index (χ0n) is 11.4. The first-order chi connectivity index (χ1) is 9.74. The summed E-state index contributed by atoms with van der Waals surface area (Å²) in [5, 5.41) is 3.12. The Bertz CT molecular complexity index is 484. The molecule has 0 aromatic carbocycles. The number of nitrogens with one attached hydrogen (secondary N) is 1. The number of halogens is 1. The van der Waals surface area contributed by atoms with Crippen LogP contribution in [-0.4, -0.2) is 35.0 Å². The number of hydrogen-bond acceptors (Lipinski definition) is 4. The van der Waals surface area contributed by atoms with E-state index in [9.17, 15) is 9.18 Å².